The van der Waals surface area contributed by atoms with Gasteiger partial charge in [0.1, 0.15) is 12.7 Å². The van der Waals surface area contributed by atoms with E-state index >= 15 is 0 Å². The normalized spacial score (nSPS) is 22.1. The average molecular weight is 278 g/mol. The number of benzene rings is 1. The summed E-state index contributed by atoms with van der Waals surface area (Å²) < 4.78 is 15.7. The van der Waals surface area contributed by atoms with E-state index in [4.69, 9.17) is 14.2 Å². The van der Waals surface area contributed by atoms with Crippen LogP contribution < -0.4 is 0 Å². The third-order valence-electron chi connectivity index (χ3n) is 3.02. The van der Waals surface area contributed by atoms with Gasteiger partial charge in [0.2, 0.25) is 0 Å². The molecule has 0 bridgehead atoms. The molecule has 1 saturated heterocycles. The zero-order valence-corrected chi connectivity index (χ0v) is 11.4. The Morgan fingerprint density at radius 3 is 2.80 bits per heavy atom. The van der Waals surface area contributed by atoms with Crippen LogP contribution in [0, 0.1) is 0 Å². The summed E-state index contributed by atoms with van der Waals surface area (Å²) in [5.74, 6) is -0.695. The van der Waals surface area contributed by atoms with Gasteiger partial charge in [-0.15, -0.1) is 0 Å². The molecule has 0 N–H and O–H groups in total. The summed E-state index contributed by atoms with van der Waals surface area (Å²) >= 11 is 0. The third kappa shape index (κ3) is 4.66. The number of ether oxygens (including phenoxy) is 3. The fourth-order valence-electron chi connectivity index (χ4n) is 2.07. The molecule has 1 aromatic rings. The molecule has 0 aliphatic carbocycles. The second-order valence-corrected chi connectivity index (χ2v) is 4.77. The summed E-state index contributed by atoms with van der Waals surface area (Å²) in [5.41, 5.74) is 1.06. The predicted octanol–water partition coefficient (Wildman–Crippen LogP) is 1.84. The second-order valence-electron chi connectivity index (χ2n) is 4.77. The van der Waals surface area contributed by atoms with Gasteiger partial charge in [0.15, 0.2) is 0 Å². The van der Waals surface area contributed by atoms with E-state index in [1.54, 1.807) is 0 Å². The van der Waals surface area contributed by atoms with E-state index in [2.05, 4.69) is 0 Å². The van der Waals surface area contributed by atoms with E-state index in [0.29, 0.717) is 13.0 Å². The summed E-state index contributed by atoms with van der Waals surface area (Å²) in [7, 11) is 0. The monoisotopic (exact) mass is 278 g/mol. The van der Waals surface area contributed by atoms with Crippen molar-refractivity contribution in [1.82, 2.24) is 0 Å². The van der Waals surface area contributed by atoms with E-state index in [1.807, 2.05) is 30.3 Å². The highest BCUT2D eigenvalue weighted by Crippen LogP contribution is 2.19. The largest absolute Gasteiger partial charge is 0.462 e. The summed E-state index contributed by atoms with van der Waals surface area (Å²) in [6, 6.07) is 9.76. The molecule has 5 heteroatoms. The van der Waals surface area contributed by atoms with Crippen molar-refractivity contribution in [3.05, 3.63) is 35.9 Å². The molecule has 0 unspecified atom stereocenters. The summed E-state index contributed by atoms with van der Waals surface area (Å²) in [4.78, 5) is 22.3. The Morgan fingerprint density at radius 1 is 1.35 bits per heavy atom. The lowest BCUT2D eigenvalue weighted by Crippen LogP contribution is -2.37. The van der Waals surface area contributed by atoms with Crippen LogP contribution in [0.4, 0.5) is 0 Å². The maximum absolute atomic E-state index is 11.5. The molecule has 2 rings (SSSR count). The Bertz CT molecular complexity index is 457. The van der Waals surface area contributed by atoms with Crippen LogP contribution >= 0.6 is 0 Å². The maximum Gasteiger partial charge on any atom is 0.308 e. The maximum atomic E-state index is 11.5. The summed E-state index contributed by atoms with van der Waals surface area (Å²) in [6.07, 6.45) is 0.174. The fraction of sp³-hybridized carbons (Fsp3) is 0.467. The highest BCUT2D eigenvalue weighted by atomic mass is 16.6. The van der Waals surface area contributed by atoms with Gasteiger partial charge in [-0.05, 0) is 5.56 Å². The van der Waals surface area contributed by atoms with Gasteiger partial charge in [-0.1, -0.05) is 30.3 Å². The van der Waals surface area contributed by atoms with Crippen molar-refractivity contribution >= 4 is 11.9 Å². The smallest absolute Gasteiger partial charge is 0.308 e. The zero-order chi connectivity index (χ0) is 14.4. The average Bonchev–Trinajstić information content (AvgIpc) is 2.44. The van der Waals surface area contributed by atoms with Crippen LogP contribution in [0.3, 0.4) is 0 Å². The Kier molecular flexibility index (Phi) is 5.12. The summed E-state index contributed by atoms with van der Waals surface area (Å²) in [6.45, 7) is 1.87. The number of hydrogen-bond acceptors (Lipinski definition) is 5. The molecule has 108 valence electrons. The molecule has 0 amide bonds. The second kappa shape index (κ2) is 7.05. The Hall–Kier alpha value is -1.88. The topological polar surface area (TPSA) is 61.8 Å². The summed E-state index contributed by atoms with van der Waals surface area (Å²) in [5, 5.41) is 0. The molecule has 1 aliphatic heterocycles. The first-order valence-electron chi connectivity index (χ1n) is 6.62. The van der Waals surface area contributed by atoms with Crippen LogP contribution in [0.15, 0.2) is 30.3 Å². The first-order chi connectivity index (χ1) is 9.63. The van der Waals surface area contributed by atoms with E-state index in [9.17, 15) is 9.59 Å². The minimum Gasteiger partial charge on any atom is -0.462 e. The number of carbonyl (C=O) groups excluding carboxylic acids is 2. The predicted molar refractivity (Wildman–Crippen MR) is 70.8 cm³/mol. The van der Waals surface area contributed by atoms with Gasteiger partial charge in [-0.3, -0.25) is 9.59 Å². The number of esters is 2. The standard InChI is InChI=1S/C15H18O5/c1-11(16)18-10-14-7-13(8-15(17)20-14)19-9-12-5-3-2-4-6-12/h2-6,13-14H,7-10H2,1H3/t13-,14-/m0/s1. The van der Waals surface area contributed by atoms with Crippen molar-refractivity contribution in [3.8, 4) is 0 Å². The first-order valence-corrected chi connectivity index (χ1v) is 6.62. The van der Waals surface area contributed by atoms with Crippen molar-refractivity contribution < 1.29 is 23.8 Å². The molecule has 0 spiro atoms. The Labute approximate surface area is 117 Å². The van der Waals surface area contributed by atoms with Crippen molar-refractivity contribution in [1.29, 1.82) is 0 Å². The van der Waals surface area contributed by atoms with Crippen LogP contribution in [0.1, 0.15) is 25.3 Å². The molecule has 5 nitrogen and oxygen atoms in total. The molecule has 0 aromatic heterocycles. The molecular formula is C15H18O5. The number of rotatable bonds is 5. The van der Waals surface area contributed by atoms with Gasteiger partial charge >= 0.3 is 11.9 Å². The highest BCUT2D eigenvalue weighted by Gasteiger charge is 2.29. The van der Waals surface area contributed by atoms with E-state index < -0.39 is 6.10 Å². The van der Waals surface area contributed by atoms with E-state index in [0.717, 1.165) is 5.56 Å². The molecular weight excluding hydrogens is 260 g/mol. The van der Waals surface area contributed by atoms with Crippen LogP contribution in [0.25, 0.3) is 0 Å². The minimum absolute atomic E-state index is 0.0896. The molecule has 0 radical (unpaired) electrons. The minimum atomic E-state index is -0.416. The molecule has 0 saturated carbocycles. The van der Waals surface area contributed by atoms with Crippen LogP contribution in [0.5, 0.6) is 0 Å². The third-order valence-corrected chi connectivity index (χ3v) is 3.02. The van der Waals surface area contributed by atoms with Crippen molar-refractivity contribution in [2.45, 2.75) is 38.6 Å². The highest BCUT2D eigenvalue weighted by molar-refractivity contribution is 5.71. The van der Waals surface area contributed by atoms with Gasteiger partial charge in [0.05, 0.1) is 19.1 Å². The molecule has 2 atom stereocenters. The van der Waals surface area contributed by atoms with Crippen molar-refractivity contribution in [2.75, 3.05) is 6.61 Å². The molecule has 1 aliphatic rings. The van der Waals surface area contributed by atoms with Gasteiger partial charge in [0.25, 0.3) is 0 Å². The number of hydrogen-bond donors (Lipinski definition) is 0. The lowest BCUT2D eigenvalue weighted by atomic mass is 10.1. The lowest BCUT2D eigenvalue weighted by molar-refractivity contribution is -0.171. The van der Waals surface area contributed by atoms with Crippen molar-refractivity contribution in [2.24, 2.45) is 0 Å². The van der Waals surface area contributed by atoms with Gasteiger partial charge in [-0.25, -0.2) is 0 Å². The van der Waals surface area contributed by atoms with Crippen LogP contribution in [-0.2, 0) is 30.4 Å². The molecule has 20 heavy (non-hydrogen) atoms. The molecule has 1 aromatic carbocycles. The molecule has 1 fully saturated rings. The van der Waals surface area contributed by atoms with Gasteiger partial charge < -0.3 is 14.2 Å². The first kappa shape index (κ1) is 14.5. The Morgan fingerprint density at radius 2 is 2.10 bits per heavy atom. The van der Waals surface area contributed by atoms with Gasteiger partial charge in [0, 0.05) is 13.3 Å². The Balaban J connectivity index is 1.81. The number of carbonyl (C=O) groups is 2. The number of cyclic esters (lactones) is 1. The van der Waals surface area contributed by atoms with E-state index in [-0.39, 0.29) is 31.1 Å². The lowest BCUT2D eigenvalue weighted by Gasteiger charge is -2.28. The fourth-order valence-corrected chi connectivity index (χ4v) is 2.07. The van der Waals surface area contributed by atoms with E-state index in [1.165, 1.54) is 6.92 Å². The molecule has 1 heterocycles. The van der Waals surface area contributed by atoms with Crippen LogP contribution in [-0.4, -0.2) is 30.8 Å². The van der Waals surface area contributed by atoms with Gasteiger partial charge in [-0.2, -0.15) is 0 Å². The zero-order valence-electron chi connectivity index (χ0n) is 11.4. The quantitative estimate of drug-likeness (QED) is 0.769. The van der Waals surface area contributed by atoms with Crippen molar-refractivity contribution in [3.63, 3.8) is 0 Å². The SMILES string of the molecule is CC(=O)OC[C@@H]1C[C@H](OCc2ccccc2)CC(=O)O1. The van der Waals surface area contributed by atoms with Crippen LogP contribution in [0.2, 0.25) is 0 Å².